The number of carboxylic acid groups (broad SMARTS) is 1. The van der Waals surface area contributed by atoms with Crippen molar-refractivity contribution in [2.24, 2.45) is 34.0 Å². The Morgan fingerprint density at radius 1 is 0.923 bits per heavy atom. The number of carboxylic acids is 1. The summed E-state index contributed by atoms with van der Waals surface area (Å²) in [6, 6.07) is 5.02. The molecule has 3 amide bonds. The highest BCUT2D eigenvalue weighted by molar-refractivity contribution is 5.94. The zero-order valence-electron chi connectivity index (χ0n) is 23.4. The molecular weight excluding hydrogens is 502 g/mol. The standard InChI is InChI=1S/C27H45N7O5/c1-5-17(4)22(34-23(35)19(28)14-16(2)3)25(37)33-21(15-18-10-7-6-8-11-18)24(36)32-20(26(38)39)12-9-13-31-27(29)30/h6-8,10-11,16-17,19-22H,5,9,12-15,28H2,1-4H3,(H,32,36)(H,33,37)(H,34,35)(H,38,39)(H4,29,30,31). The van der Waals surface area contributed by atoms with Crippen LogP contribution in [0.1, 0.15) is 58.9 Å². The van der Waals surface area contributed by atoms with Gasteiger partial charge in [-0.05, 0) is 36.7 Å². The lowest BCUT2D eigenvalue weighted by Crippen LogP contribution is -2.59. The van der Waals surface area contributed by atoms with Crippen molar-refractivity contribution in [3.05, 3.63) is 35.9 Å². The smallest absolute Gasteiger partial charge is 0.326 e. The number of nitrogens with one attached hydrogen (secondary N) is 3. The fourth-order valence-corrected chi connectivity index (χ4v) is 3.93. The molecule has 39 heavy (non-hydrogen) atoms. The highest BCUT2D eigenvalue weighted by Gasteiger charge is 2.32. The molecule has 0 heterocycles. The highest BCUT2D eigenvalue weighted by atomic mass is 16.4. The van der Waals surface area contributed by atoms with Crippen LogP contribution in [0.3, 0.4) is 0 Å². The Morgan fingerprint density at radius 3 is 2.08 bits per heavy atom. The maximum Gasteiger partial charge on any atom is 0.326 e. The minimum Gasteiger partial charge on any atom is -0.480 e. The summed E-state index contributed by atoms with van der Waals surface area (Å²) < 4.78 is 0. The monoisotopic (exact) mass is 547 g/mol. The molecule has 5 unspecified atom stereocenters. The number of aliphatic carboxylic acids is 1. The van der Waals surface area contributed by atoms with Crippen molar-refractivity contribution in [3.8, 4) is 0 Å². The first-order chi connectivity index (χ1) is 18.3. The molecule has 0 fully saturated rings. The lowest BCUT2D eigenvalue weighted by atomic mass is 9.96. The van der Waals surface area contributed by atoms with Crippen LogP contribution in [0.15, 0.2) is 35.3 Å². The number of carbonyl (C=O) groups is 4. The third kappa shape index (κ3) is 12.6. The van der Waals surface area contributed by atoms with Crippen LogP contribution >= 0.6 is 0 Å². The van der Waals surface area contributed by atoms with Crippen molar-refractivity contribution in [1.82, 2.24) is 16.0 Å². The number of aliphatic imine (C=N–C) groups is 1. The van der Waals surface area contributed by atoms with Crippen molar-refractivity contribution in [3.63, 3.8) is 0 Å². The van der Waals surface area contributed by atoms with Gasteiger partial charge in [-0.2, -0.15) is 0 Å². The molecule has 0 aliphatic rings. The van der Waals surface area contributed by atoms with Gasteiger partial charge in [-0.1, -0.05) is 64.4 Å². The first-order valence-electron chi connectivity index (χ1n) is 13.3. The van der Waals surface area contributed by atoms with Gasteiger partial charge >= 0.3 is 5.97 Å². The molecule has 218 valence electrons. The Balaban J connectivity index is 3.11. The molecule has 0 aliphatic carbocycles. The van der Waals surface area contributed by atoms with E-state index in [-0.39, 0.29) is 37.2 Å². The number of benzene rings is 1. The minimum atomic E-state index is -1.22. The predicted octanol–water partition coefficient (Wildman–Crippen LogP) is 0.241. The molecule has 0 saturated heterocycles. The van der Waals surface area contributed by atoms with E-state index < -0.39 is 47.9 Å². The summed E-state index contributed by atoms with van der Waals surface area (Å²) >= 11 is 0. The quantitative estimate of drug-likeness (QED) is 0.0812. The van der Waals surface area contributed by atoms with Crippen molar-refractivity contribution < 1.29 is 24.3 Å². The normalized spacial score (nSPS) is 14.8. The molecule has 0 radical (unpaired) electrons. The Labute approximate surface area is 230 Å². The third-order valence-electron chi connectivity index (χ3n) is 6.33. The molecule has 12 heteroatoms. The number of nitrogens with two attached hydrogens (primary N) is 3. The largest absolute Gasteiger partial charge is 0.480 e. The maximum atomic E-state index is 13.4. The third-order valence-corrected chi connectivity index (χ3v) is 6.33. The molecule has 0 spiro atoms. The molecule has 0 saturated carbocycles. The average Bonchev–Trinajstić information content (AvgIpc) is 2.87. The van der Waals surface area contributed by atoms with E-state index in [4.69, 9.17) is 17.2 Å². The SMILES string of the molecule is CCC(C)C(NC(=O)C(N)CC(C)C)C(=O)NC(Cc1ccccc1)C(=O)NC(CCCN=C(N)N)C(=O)O. The topological polar surface area (TPSA) is 215 Å². The lowest BCUT2D eigenvalue weighted by Gasteiger charge is -2.28. The fraction of sp³-hybridized carbons (Fsp3) is 0.593. The van der Waals surface area contributed by atoms with Crippen LogP contribution in [0, 0.1) is 11.8 Å². The molecule has 1 aromatic carbocycles. The predicted molar refractivity (Wildman–Crippen MR) is 150 cm³/mol. The molecule has 0 aromatic heterocycles. The summed E-state index contributed by atoms with van der Waals surface area (Å²) in [5.74, 6) is -3.03. The molecule has 12 nitrogen and oxygen atoms in total. The minimum absolute atomic E-state index is 0.0865. The van der Waals surface area contributed by atoms with Crippen LogP contribution < -0.4 is 33.2 Å². The van der Waals surface area contributed by atoms with E-state index in [9.17, 15) is 24.3 Å². The van der Waals surface area contributed by atoms with Crippen LogP contribution in [0.5, 0.6) is 0 Å². The Bertz CT molecular complexity index is 967. The van der Waals surface area contributed by atoms with Crippen molar-refractivity contribution in [2.75, 3.05) is 6.54 Å². The van der Waals surface area contributed by atoms with E-state index in [1.54, 1.807) is 24.3 Å². The Morgan fingerprint density at radius 2 is 1.54 bits per heavy atom. The van der Waals surface area contributed by atoms with Crippen molar-refractivity contribution >= 4 is 29.7 Å². The van der Waals surface area contributed by atoms with E-state index in [0.717, 1.165) is 5.56 Å². The molecule has 1 aromatic rings. The average molecular weight is 548 g/mol. The van der Waals surface area contributed by atoms with Crippen LogP contribution in [0.4, 0.5) is 0 Å². The number of carbonyl (C=O) groups excluding carboxylic acids is 3. The van der Waals surface area contributed by atoms with Crippen LogP contribution in [-0.2, 0) is 25.6 Å². The molecule has 0 aliphatic heterocycles. The van der Waals surface area contributed by atoms with Gasteiger partial charge in [-0.15, -0.1) is 0 Å². The van der Waals surface area contributed by atoms with E-state index in [0.29, 0.717) is 19.3 Å². The molecule has 0 bridgehead atoms. The first-order valence-corrected chi connectivity index (χ1v) is 13.3. The lowest BCUT2D eigenvalue weighted by molar-refractivity contribution is -0.142. The van der Waals surface area contributed by atoms with Gasteiger partial charge < -0.3 is 38.3 Å². The number of amides is 3. The number of rotatable bonds is 17. The van der Waals surface area contributed by atoms with Gasteiger partial charge in [0.25, 0.3) is 0 Å². The number of hydrogen-bond acceptors (Lipinski definition) is 6. The molecular formula is C27H45N7O5. The van der Waals surface area contributed by atoms with Gasteiger partial charge in [-0.25, -0.2) is 4.79 Å². The van der Waals surface area contributed by atoms with E-state index in [2.05, 4.69) is 20.9 Å². The summed E-state index contributed by atoms with van der Waals surface area (Å²) in [6.07, 6.45) is 1.57. The fourth-order valence-electron chi connectivity index (χ4n) is 3.93. The first kappa shape index (κ1) is 33.4. The number of hydrogen-bond donors (Lipinski definition) is 7. The summed E-state index contributed by atoms with van der Waals surface area (Å²) in [4.78, 5) is 55.1. The van der Waals surface area contributed by atoms with Gasteiger partial charge in [0.15, 0.2) is 5.96 Å². The molecule has 1 rings (SSSR count). The second kappa shape index (κ2) is 17.0. The Kier molecular flexibility index (Phi) is 14.6. The van der Waals surface area contributed by atoms with E-state index in [1.807, 2.05) is 33.8 Å². The second-order valence-corrected chi connectivity index (χ2v) is 10.2. The van der Waals surface area contributed by atoms with Gasteiger partial charge in [0, 0.05) is 13.0 Å². The summed E-state index contributed by atoms with van der Waals surface area (Å²) in [5.41, 5.74) is 17.4. The van der Waals surface area contributed by atoms with Gasteiger partial charge in [0.05, 0.1) is 6.04 Å². The summed E-state index contributed by atoms with van der Waals surface area (Å²) in [6.45, 7) is 7.82. The molecule has 5 atom stereocenters. The van der Waals surface area contributed by atoms with E-state index >= 15 is 0 Å². The zero-order chi connectivity index (χ0) is 29.5. The zero-order valence-corrected chi connectivity index (χ0v) is 23.4. The second-order valence-electron chi connectivity index (χ2n) is 10.2. The van der Waals surface area contributed by atoms with Gasteiger partial charge in [-0.3, -0.25) is 19.4 Å². The van der Waals surface area contributed by atoms with Gasteiger partial charge in [0.1, 0.15) is 18.1 Å². The van der Waals surface area contributed by atoms with Crippen LogP contribution in [-0.4, -0.2) is 65.5 Å². The van der Waals surface area contributed by atoms with Gasteiger partial charge in [0.2, 0.25) is 17.7 Å². The van der Waals surface area contributed by atoms with Crippen molar-refractivity contribution in [2.45, 2.75) is 84.0 Å². The van der Waals surface area contributed by atoms with E-state index in [1.165, 1.54) is 0 Å². The number of nitrogens with zero attached hydrogens (tertiary/aromatic N) is 1. The number of guanidine groups is 1. The highest BCUT2D eigenvalue weighted by Crippen LogP contribution is 2.12. The molecule has 10 N–H and O–H groups in total. The maximum absolute atomic E-state index is 13.4. The van der Waals surface area contributed by atoms with Crippen LogP contribution in [0.25, 0.3) is 0 Å². The van der Waals surface area contributed by atoms with Crippen molar-refractivity contribution in [1.29, 1.82) is 0 Å². The summed E-state index contributed by atoms with van der Waals surface area (Å²) in [7, 11) is 0. The van der Waals surface area contributed by atoms with Crippen LogP contribution in [0.2, 0.25) is 0 Å². The Hall–Kier alpha value is -3.67. The summed E-state index contributed by atoms with van der Waals surface area (Å²) in [5, 5.41) is 17.7.